The highest BCUT2D eigenvalue weighted by molar-refractivity contribution is 5.30. The number of alkyl halides is 1. The maximum absolute atomic E-state index is 15.0. The highest BCUT2D eigenvalue weighted by atomic mass is 19.1. The predicted octanol–water partition coefficient (Wildman–Crippen LogP) is 4.66. The molecule has 0 fully saturated rings. The minimum absolute atomic E-state index is 0.152. The summed E-state index contributed by atoms with van der Waals surface area (Å²) in [6.45, 7) is 5.02. The van der Waals surface area contributed by atoms with E-state index in [1.54, 1.807) is 6.08 Å². The van der Waals surface area contributed by atoms with Crippen molar-refractivity contribution in [3.63, 3.8) is 0 Å². The molecule has 25 heavy (non-hydrogen) atoms. The average molecular weight is 345 g/mol. The van der Waals surface area contributed by atoms with E-state index in [9.17, 15) is 9.50 Å². The van der Waals surface area contributed by atoms with Crippen molar-refractivity contribution in [2.45, 2.75) is 51.8 Å². The molecule has 0 aromatic heterocycles. The summed E-state index contributed by atoms with van der Waals surface area (Å²) >= 11 is 0. The zero-order valence-electron chi connectivity index (χ0n) is 15.1. The largest absolute Gasteiger partial charge is 0.510 e. The van der Waals surface area contributed by atoms with E-state index in [4.69, 9.17) is 4.74 Å². The molecule has 0 spiro atoms. The minimum atomic E-state index is -0.980. The van der Waals surface area contributed by atoms with Crippen LogP contribution in [0.3, 0.4) is 0 Å². The van der Waals surface area contributed by atoms with Gasteiger partial charge in [0.1, 0.15) is 11.9 Å². The van der Waals surface area contributed by atoms with Crippen LogP contribution in [0.25, 0.3) is 0 Å². The fraction of sp³-hybridized carbons (Fsp3) is 0.524. The van der Waals surface area contributed by atoms with Crippen molar-refractivity contribution in [3.05, 3.63) is 58.6 Å². The van der Waals surface area contributed by atoms with Crippen LogP contribution in [-0.2, 0) is 4.74 Å². The van der Waals surface area contributed by atoms with Crippen LogP contribution in [0.5, 0.6) is 0 Å². The number of halogens is 1. The first-order valence-corrected chi connectivity index (χ1v) is 9.16. The van der Waals surface area contributed by atoms with E-state index in [-0.39, 0.29) is 12.0 Å². The molecule has 1 heterocycles. The first kappa shape index (κ1) is 18.0. The number of ether oxygens (including phenoxy) is 1. The van der Waals surface area contributed by atoms with Gasteiger partial charge in [0, 0.05) is 18.0 Å². The van der Waals surface area contributed by atoms with Gasteiger partial charge < -0.3 is 15.2 Å². The highest BCUT2D eigenvalue weighted by Gasteiger charge is 2.35. The molecule has 4 heteroatoms. The summed E-state index contributed by atoms with van der Waals surface area (Å²) in [4.78, 5) is 0. The summed E-state index contributed by atoms with van der Waals surface area (Å²) in [7, 11) is 0. The van der Waals surface area contributed by atoms with Gasteiger partial charge in [-0.1, -0.05) is 36.3 Å². The van der Waals surface area contributed by atoms with Crippen LogP contribution in [-0.4, -0.2) is 30.5 Å². The molecular weight excluding hydrogens is 317 g/mol. The Morgan fingerprint density at radius 1 is 1.32 bits per heavy atom. The molecule has 0 saturated carbocycles. The average Bonchev–Trinajstić information content (AvgIpc) is 2.63. The lowest BCUT2D eigenvalue weighted by Crippen LogP contribution is -2.37. The van der Waals surface area contributed by atoms with Crippen LogP contribution in [0.15, 0.2) is 58.6 Å². The quantitative estimate of drug-likeness (QED) is 0.712. The smallest absolute Gasteiger partial charge is 0.133 e. The van der Waals surface area contributed by atoms with E-state index in [1.807, 2.05) is 13.0 Å². The lowest BCUT2D eigenvalue weighted by atomic mass is 9.79. The molecule has 2 N–H and O–H groups in total. The van der Waals surface area contributed by atoms with Crippen LogP contribution in [0.1, 0.15) is 39.5 Å². The fourth-order valence-corrected chi connectivity index (χ4v) is 3.74. The van der Waals surface area contributed by atoms with Crippen molar-refractivity contribution in [1.82, 2.24) is 5.32 Å². The van der Waals surface area contributed by atoms with Crippen molar-refractivity contribution >= 4 is 0 Å². The zero-order valence-corrected chi connectivity index (χ0v) is 15.1. The van der Waals surface area contributed by atoms with Gasteiger partial charge in [-0.3, -0.25) is 0 Å². The van der Waals surface area contributed by atoms with Crippen LogP contribution in [0, 0.1) is 5.92 Å². The van der Waals surface area contributed by atoms with E-state index in [1.165, 1.54) is 11.1 Å². The Kier molecular flexibility index (Phi) is 5.79. The normalized spacial score (nSPS) is 29.7. The van der Waals surface area contributed by atoms with Crippen LogP contribution >= 0.6 is 0 Å². The summed E-state index contributed by atoms with van der Waals surface area (Å²) in [6, 6.07) is 0. The molecule has 0 saturated heterocycles. The summed E-state index contributed by atoms with van der Waals surface area (Å²) in [6.07, 6.45) is 11.9. The number of nitrogens with one attached hydrogen (secondary N) is 1. The van der Waals surface area contributed by atoms with Crippen molar-refractivity contribution in [3.8, 4) is 0 Å². The van der Waals surface area contributed by atoms with E-state index in [2.05, 4.69) is 30.5 Å². The van der Waals surface area contributed by atoms with Gasteiger partial charge in [-0.15, -0.1) is 0 Å². The third-order valence-corrected chi connectivity index (χ3v) is 5.38. The molecule has 1 aliphatic heterocycles. The Balaban J connectivity index is 1.64. The Labute approximate surface area is 149 Å². The number of hydrogen-bond donors (Lipinski definition) is 2. The first-order chi connectivity index (χ1) is 12.0. The van der Waals surface area contributed by atoms with E-state index in [0.29, 0.717) is 31.8 Å². The SMILES string of the molecule is CC1=C(CC2=CC=C(O)CN2)C(C)C(F)C(OCC2=CC=CCC2)C1. The van der Waals surface area contributed by atoms with Gasteiger partial charge in [-0.25, -0.2) is 4.39 Å². The number of allylic oxidation sites excluding steroid dienone is 6. The second-order valence-electron chi connectivity index (χ2n) is 7.26. The number of aliphatic hydroxyl groups excluding tert-OH is 1. The van der Waals surface area contributed by atoms with Crippen LogP contribution in [0.4, 0.5) is 4.39 Å². The first-order valence-electron chi connectivity index (χ1n) is 9.16. The van der Waals surface area contributed by atoms with Gasteiger partial charge in [-0.2, -0.15) is 0 Å². The highest BCUT2D eigenvalue weighted by Crippen LogP contribution is 2.37. The number of hydrogen-bond acceptors (Lipinski definition) is 3. The van der Waals surface area contributed by atoms with Gasteiger partial charge in [0.25, 0.3) is 0 Å². The molecule has 136 valence electrons. The maximum Gasteiger partial charge on any atom is 0.133 e. The monoisotopic (exact) mass is 345 g/mol. The topological polar surface area (TPSA) is 41.5 Å². The van der Waals surface area contributed by atoms with Gasteiger partial charge in [0.15, 0.2) is 0 Å². The number of rotatable bonds is 5. The molecule has 3 rings (SSSR count). The fourth-order valence-electron chi connectivity index (χ4n) is 3.74. The number of aliphatic hydroxyl groups is 1. The Morgan fingerprint density at radius 3 is 2.84 bits per heavy atom. The van der Waals surface area contributed by atoms with Crippen molar-refractivity contribution in [2.75, 3.05) is 13.2 Å². The van der Waals surface area contributed by atoms with Crippen molar-refractivity contribution in [2.24, 2.45) is 5.92 Å². The number of dihydropyridines is 1. The second-order valence-corrected chi connectivity index (χ2v) is 7.26. The standard InChI is InChI=1S/C21H28FNO2/c1-14-10-20(25-13-16-6-4-3-5-7-16)21(22)15(2)19(14)11-17-8-9-18(24)12-23-17/h3-4,6,8-9,15,20-21,23-24H,5,7,10-13H2,1-2H3. The Morgan fingerprint density at radius 2 is 2.16 bits per heavy atom. The summed E-state index contributed by atoms with van der Waals surface area (Å²) in [5.41, 5.74) is 4.66. The van der Waals surface area contributed by atoms with Crippen molar-refractivity contribution in [1.29, 1.82) is 0 Å². The molecule has 0 aromatic carbocycles. The summed E-state index contributed by atoms with van der Waals surface area (Å²) < 4.78 is 20.9. The minimum Gasteiger partial charge on any atom is -0.510 e. The van der Waals surface area contributed by atoms with Crippen molar-refractivity contribution < 1.29 is 14.2 Å². The van der Waals surface area contributed by atoms with Gasteiger partial charge >= 0.3 is 0 Å². The maximum atomic E-state index is 15.0. The summed E-state index contributed by atoms with van der Waals surface area (Å²) in [5, 5.41) is 12.6. The third kappa shape index (κ3) is 4.43. The molecule has 3 aliphatic rings. The molecule has 3 nitrogen and oxygen atoms in total. The lowest BCUT2D eigenvalue weighted by Gasteiger charge is -2.35. The lowest BCUT2D eigenvalue weighted by molar-refractivity contribution is -0.0123. The van der Waals surface area contributed by atoms with E-state index < -0.39 is 6.17 Å². The molecule has 0 aromatic rings. The predicted molar refractivity (Wildman–Crippen MR) is 99.0 cm³/mol. The molecule has 3 atom stereocenters. The summed E-state index contributed by atoms with van der Waals surface area (Å²) in [5.74, 6) is 0.177. The van der Waals surface area contributed by atoms with Crippen LogP contribution < -0.4 is 5.32 Å². The van der Waals surface area contributed by atoms with Gasteiger partial charge in [0.2, 0.25) is 0 Å². The molecule has 2 aliphatic carbocycles. The van der Waals surface area contributed by atoms with E-state index >= 15 is 0 Å². The molecular formula is C21H28FNO2. The molecule has 0 radical (unpaired) electrons. The van der Waals surface area contributed by atoms with E-state index in [0.717, 1.165) is 24.1 Å². The van der Waals surface area contributed by atoms with Gasteiger partial charge in [0.05, 0.1) is 19.3 Å². The molecule has 0 amide bonds. The van der Waals surface area contributed by atoms with Gasteiger partial charge in [-0.05, 0) is 43.9 Å². The third-order valence-electron chi connectivity index (χ3n) is 5.38. The zero-order chi connectivity index (χ0) is 17.8. The second kappa shape index (κ2) is 8.05. The molecule has 3 unspecified atom stereocenters. The Hall–Kier alpha value is -1.81. The Bertz CT molecular complexity index is 657. The van der Waals surface area contributed by atoms with Crippen LogP contribution in [0.2, 0.25) is 0 Å². The molecule has 0 bridgehead atoms.